The van der Waals surface area contributed by atoms with Gasteiger partial charge in [-0.25, -0.2) is 4.79 Å². The summed E-state index contributed by atoms with van der Waals surface area (Å²) in [4.78, 5) is 62.3. The monoisotopic (exact) mass is 470 g/mol. The number of carbonyl (C=O) groups is 5. The Hall–Kier alpha value is -2.65. The minimum atomic E-state index is -0.933. The molecule has 0 saturated carbocycles. The summed E-state index contributed by atoms with van der Waals surface area (Å²) in [6.45, 7) is 15.5. The third kappa shape index (κ3) is 9.79. The van der Waals surface area contributed by atoms with E-state index in [2.05, 4.69) is 21.3 Å². The highest BCUT2D eigenvalue weighted by molar-refractivity contribution is 5.95. The van der Waals surface area contributed by atoms with E-state index in [1.165, 1.54) is 14.0 Å². The maximum Gasteiger partial charge on any atom is 0.328 e. The van der Waals surface area contributed by atoms with E-state index in [1.54, 1.807) is 55.4 Å². The Morgan fingerprint density at radius 3 is 1.03 bits per heavy atom. The summed E-state index contributed by atoms with van der Waals surface area (Å²) in [6.07, 6.45) is 0. The number of hydrogen-bond acceptors (Lipinski definition) is 6. The Morgan fingerprint density at radius 1 is 0.515 bits per heavy atom. The second-order valence-corrected chi connectivity index (χ2v) is 9.64. The molecule has 0 rings (SSSR count). The molecule has 33 heavy (non-hydrogen) atoms. The first-order valence-electron chi connectivity index (χ1n) is 11.4. The SMILES string of the molecule is COC(=O)[C@@H](NC(=O)[C@@H](NC(=O)[C@@H](NC(=O)[C@@H](NC(C)=O)C(C)C)C(C)C)C(C)C)C(C)C. The molecular weight excluding hydrogens is 428 g/mol. The van der Waals surface area contributed by atoms with Gasteiger partial charge < -0.3 is 26.0 Å². The van der Waals surface area contributed by atoms with Crippen LogP contribution in [0.2, 0.25) is 0 Å². The first kappa shape index (κ1) is 30.4. The van der Waals surface area contributed by atoms with Gasteiger partial charge in [-0.1, -0.05) is 55.4 Å². The topological polar surface area (TPSA) is 143 Å². The number of ether oxygens (including phenoxy) is 1. The molecule has 0 bridgehead atoms. The largest absolute Gasteiger partial charge is 0.467 e. The van der Waals surface area contributed by atoms with Crippen molar-refractivity contribution in [2.45, 2.75) is 86.5 Å². The normalized spacial score (nSPS) is 15.0. The molecule has 0 aromatic carbocycles. The molecule has 4 atom stereocenters. The van der Waals surface area contributed by atoms with Crippen molar-refractivity contribution >= 4 is 29.6 Å². The molecule has 0 saturated heterocycles. The summed E-state index contributed by atoms with van der Waals surface area (Å²) in [6, 6.07) is -3.51. The van der Waals surface area contributed by atoms with Crippen LogP contribution in [0, 0.1) is 23.7 Å². The van der Waals surface area contributed by atoms with Crippen LogP contribution < -0.4 is 21.3 Å². The number of rotatable bonds is 12. The third-order valence-corrected chi connectivity index (χ3v) is 5.22. The van der Waals surface area contributed by atoms with Gasteiger partial charge in [-0.2, -0.15) is 0 Å². The van der Waals surface area contributed by atoms with Gasteiger partial charge in [0.2, 0.25) is 23.6 Å². The predicted octanol–water partition coefficient (Wildman–Crippen LogP) is 0.743. The Labute approximate surface area is 197 Å². The van der Waals surface area contributed by atoms with Crippen LogP contribution in [0.4, 0.5) is 0 Å². The van der Waals surface area contributed by atoms with Crippen LogP contribution in [0.3, 0.4) is 0 Å². The van der Waals surface area contributed by atoms with Crippen LogP contribution in [0.1, 0.15) is 62.3 Å². The van der Waals surface area contributed by atoms with Crippen molar-refractivity contribution in [1.82, 2.24) is 21.3 Å². The lowest BCUT2D eigenvalue weighted by atomic mass is 9.97. The molecule has 0 spiro atoms. The maximum absolute atomic E-state index is 13.1. The van der Waals surface area contributed by atoms with Crippen molar-refractivity contribution in [2.75, 3.05) is 7.11 Å². The summed E-state index contributed by atoms with van der Waals surface area (Å²) in [5.41, 5.74) is 0. The molecule has 10 heteroatoms. The lowest BCUT2D eigenvalue weighted by molar-refractivity contribution is -0.147. The van der Waals surface area contributed by atoms with Gasteiger partial charge in [0, 0.05) is 6.92 Å². The Balaban J connectivity index is 5.57. The third-order valence-electron chi connectivity index (χ3n) is 5.22. The standard InChI is InChI=1S/C23H42N4O6/c1-11(2)16(24-15(9)28)20(29)25-17(12(3)4)21(30)26-18(13(5)6)22(31)27-19(14(7)8)23(32)33-10/h11-14,16-19H,1-10H3,(H,24,28)(H,25,29)(H,26,30)(H,27,31)/t16-,17-,18-,19-/m0/s1. The van der Waals surface area contributed by atoms with E-state index >= 15 is 0 Å². The molecule has 0 aliphatic rings. The second-order valence-electron chi connectivity index (χ2n) is 9.64. The molecule has 0 fully saturated rings. The van der Waals surface area contributed by atoms with Gasteiger partial charge in [-0.05, 0) is 23.7 Å². The van der Waals surface area contributed by atoms with Gasteiger partial charge in [-0.3, -0.25) is 19.2 Å². The van der Waals surface area contributed by atoms with Gasteiger partial charge >= 0.3 is 5.97 Å². The van der Waals surface area contributed by atoms with E-state index in [4.69, 9.17) is 4.74 Å². The zero-order chi connectivity index (χ0) is 26.0. The predicted molar refractivity (Wildman–Crippen MR) is 125 cm³/mol. The fraction of sp³-hybridized carbons (Fsp3) is 0.783. The minimum absolute atomic E-state index is 0.190. The minimum Gasteiger partial charge on any atom is -0.467 e. The van der Waals surface area contributed by atoms with Crippen LogP contribution in [-0.4, -0.2) is 60.9 Å². The van der Waals surface area contributed by atoms with E-state index in [-0.39, 0.29) is 29.6 Å². The average molecular weight is 471 g/mol. The van der Waals surface area contributed by atoms with Gasteiger partial charge in [0.25, 0.3) is 0 Å². The number of nitrogens with one attached hydrogen (secondary N) is 4. The Morgan fingerprint density at radius 2 is 0.788 bits per heavy atom. The van der Waals surface area contributed by atoms with E-state index in [0.29, 0.717) is 0 Å². The molecule has 0 heterocycles. The zero-order valence-corrected chi connectivity index (χ0v) is 21.6. The highest BCUT2D eigenvalue weighted by Crippen LogP contribution is 2.10. The van der Waals surface area contributed by atoms with Crippen LogP contribution in [0.15, 0.2) is 0 Å². The summed E-state index contributed by atoms with van der Waals surface area (Å²) in [7, 11) is 1.24. The lowest BCUT2D eigenvalue weighted by Crippen LogP contribution is -2.60. The number of esters is 1. The fourth-order valence-corrected chi connectivity index (χ4v) is 3.18. The molecule has 0 unspecified atom stereocenters. The van der Waals surface area contributed by atoms with Crippen molar-refractivity contribution in [3.8, 4) is 0 Å². The van der Waals surface area contributed by atoms with Crippen molar-refractivity contribution in [3.05, 3.63) is 0 Å². The van der Waals surface area contributed by atoms with E-state index < -0.39 is 47.9 Å². The second kappa shape index (κ2) is 13.8. The van der Waals surface area contributed by atoms with Gasteiger partial charge in [0.15, 0.2) is 0 Å². The van der Waals surface area contributed by atoms with Crippen molar-refractivity contribution in [1.29, 1.82) is 0 Å². The molecule has 190 valence electrons. The van der Waals surface area contributed by atoms with Crippen molar-refractivity contribution in [2.24, 2.45) is 23.7 Å². The number of methoxy groups -OCH3 is 1. The number of amides is 4. The molecule has 0 aromatic rings. The zero-order valence-electron chi connectivity index (χ0n) is 21.6. The van der Waals surface area contributed by atoms with Crippen LogP contribution in [0.5, 0.6) is 0 Å². The Bertz CT molecular complexity index is 705. The molecule has 10 nitrogen and oxygen atoms in total. The molecule has 4 N–H and O–H groups in total. The number of hydrogen-bond donors (Lipinski definition) is 4. The average Bonchev–Trinajstić information content (AvgIpc) is 2.69. The maximum atomic E-state index is 13.1. The first-order valence-corrected chi connectivity index (χ1v) is 11.4. The number of carbonyl (C=O) groups excluding carboxylic acids is 5. The fourth-order valence-electron chi connectivity index (χ4n) is 3.18. The lowest BCUT2D eigenvalue weighted by Gasteiger charge is -2.30. The summed E-state index contributed by atoms with van der Waals surface area (Å²) < 4.78 is 4.76. The quantitative estimate of drug-likeness (QED) is 0.310. The first-order chi connectivity index (χ1) is 15.1. The van der Waals surface area contributed by atoms with Crippen LogP contribution in [0.25, 0.3) is 0 Å². The van der Waals surface area contributed by atoms with Gasteiger partial charge in [-0.15, -0.1) is 0 Å². The van der Waals surface area contributed by atoms with E-state index in [1.807, 2.05) is 0 Å². The summed E-state index contributed by atoms with van der Waals surface area (Å²) >= 11 is 0. The van der Waals surface area contributed by atoms with Crippen molar-refractivity contribution < 1.29 is 28.7 Å². The molecule has 0 aromatic heterocycles. The molecule has 0 aliphatic heterocycles. The van der Waals surface area contributed by atoms with Gasteiger partial charge in [0.05, 0.1) is 7.11 Å². The summed E-state index contributed by atoms with van der Waals surface area (Å²) in [5, 5.41) is 10.7. The van der Waals surface area contributed by atoms with Crippen molar-refractivity contribution in [3.63, 3.8) is 0 Å². The van der Waals surface area contributed by atoms with E-state index in [9.17, 15) is 24.0 Å². The van der Waals surface area contributed by atoms with Gasteiger partial charge in [0.1, 0.15) is 24.2 Å². The molecule has 4 amide bonds. The van der Waals surface area contributed by atoms with Crippen LogP contribution in [-0.2, 0) is 28.7 Å². The van der Waals surface area contributed by atoms with Crippen LogP contribution >= 0.6 is 0 Å². The Kier molecular flexibility index (Phi) is 12.7. The smallest absolute Gasteiger partial charge is 0.328 e. The molecule has 0 aliphatic carbocycles. The highest BCUT2D eigenvalue weighted by atomic mass is 16.5. The van der Waals surface area contributed by atoms with E-state index in [0.717, 1.165) is 0 Å². The highest BCUT2D eigenvalue weighted by Gasteiger charge is 2.34. The molecular formula is C23H42N4O6. The molecule has 0 radical (unpaired) electrons. The summed E-state index contributed by atoms with van der Waals surface area (Å²) in [5.74, 6) is -3.43.